The molecule has 1 aromatic carbocycles. The van der Waals surface area contributed by atoms with E-state index in [4.69, 9.17) is 16.3 Å². The summed E-state index contributed by atoms with van der Waals surface area (Å²) < 4.78 is 33.9. The smallest absolute Gasteiger partial charge is 0.273 e. The van der Waals surface area contributed by atoms with Gasteiger partial charge in [0.1, 0.15) is 23.6 Å². The highest BCUT2D eigenvalue weighted by atomic mass is 19.1. The van der Waals surface area contributed by atoms with Crippen LogP contribution in [0.15, 0.2) is 54.6 Å². The highest BCUT2D eigenvalue weighted by molar-refractivity contribution is 5.97. The topological polar surface area (TPSA) is 118 Å². The molecular formula is C24H26F2N6O3. The van der Waals surface area contributed by atoms with E-state index in [-0.39, 0.29) is 30.6 Å². The van der Waals surface area contributed by atoms with Gasteiger partial charge in [0.05, 0.1) is 17.9 Å². The number of nitrogens with zero attached hydrogens (tertiary/aromatic N) is 4. The summed E-state index contributed by atoms with van der Waals surface area (Å²) in [5.74, 6) is 4.18. The van der Waals surface area contributed by atoms with Crippen LogP contribution in [-0.4, -0.2) is 51.5 Å². The molecule has 2 amide bonds. The Morgan fingerprint density at radius 1 is 1.20 bits per heavy atom. The van der Waals surface area contributed by atoms with Crippen molar-refractivity contribution in [3.63, 3.8) is 0 Å². The molecule has 0 radical (unpaired) electrons. The molecule has 1 aromatic heterocycles. The number of benzene rings is 1. The first-order chi connectivity index (χ1) is 16.8. The van der Waals surface area contributed by atoms with Gasteiger partial charge in [0.2, 0.25) is 0 Å². The fourth-order valence-electron chi connectivity index (χ4n) is 5.26. The predicted molar refractivity (Wildman–Crippen MR) is 122 cm³/mol. The number of fused-ring (bicyclic) bond motifs is 1. The second-order valence-electron chi connectivity index (χ2n) is 9.00. The summed E-state index contributed by atoms with van der Waals surface area (Å²) >= 11 is 0. The lowest BCUT2D eigenvalue weighted by molar-refractivity contribution is -0.147. The number of hydrogen-bond donors (Lipinski definition) is 2. The molecule has 1 unspecified atom stereocenters. The number of hydrogen-bond acceptors (Lipinski definition) is 7. The summed E-state index contributed by atoms with van der Waals surface area (Å²) in [6.45, 7) is 0.533. The highest BCUT2D eigenvalue weighted by Gasteiger charge is 2.58. The predicted octanol–water partition coefficient (Wildman–Crippen LogP) is 1.92. The zero-order chi connectivity index (χ0) is 24.7. The average Bonchev–Trinajstić information content (AvgIpc) is 3.37. The normalized spacial score (nSPS) is 23.6. The Morgan fingerprint density at radius 2 is 1.91 bits per heavy atom. The molecule has 9 nitrogen and oxygen atoms in total. The molecule has 0 bridgehead atoms. The minimum absolute atomic E-state index is 0.0847. The van der Waals surface area contributed by atoms with E-state index in [2.05, 4.69) is 4.98 Å². The molecule has 11 heteroatoms. The minimum atomic E-state index is -1.07. The van der Waals surface area contributed by atoms with E-state index in [1.807, 2.05) is 0 Å². The number of rotatable bonds is 4. The van der Waals surface area contributed by atoms with Crippen molar-refractivity contribution in [2.75, 3.05) is 18.1 Å². The van der Waals surface area contributed by atoms with E-state index in [1.54, 1.807) is 28.1 Å². The Bertz CT molecular complexity index is 1150. The molecule has 3 aliphatic heterocycles. The largest absolute Gasteiger partial charge is 0.403 e. The van der Waals surface area contributed by atoms with Crippen molar-refractivity contribution in [3.8, 4) is 0 Å². The molecular weight excluding hydrogens is 458 g/mol. The Kier molecular flexibility index (Phi) is 5.89. The second kappa shape index (κ2) is 8.90. The molecule has 3 aliphatic rings. The third-order valence-electron chi connectivity index (χ3n) is 7.01. The van der Waals surface area contributed by atoms with Crippen molar-refractivity contribution in [1.82, 2.24) is 14.8 Å². The van der Waals surface area contributed by atoms with Gasteiger partial charge in [0.25, 0.3) is 11.8 Å². The number of carbonyl (C=O) groups excluding carboxylic acids is 2. The van der Waals surface area contributed by atoms with Gasteiger partial charge in [0.15, 0.2) is 5.60 Å². The lowest BCUT2D eigenvalue weighted by Gasteiger charge is -2.38. The molecule has 35 heavy (non-hydrogen) atoms. The molecule has 2 aromatic rings. The molecule has 0 saturated carbocycles. The quantitative estimate of drug-likeness (QED) is 0.387. The Morgan fingerprint density at radius 3 is 2.54 bits per heavy atom. The van der Waals surface area contributed by atoms with Gasteiger partial charge in [-0.25, -0.2) is 14.6 Å². The van der Waals surface area contributed by atoms with E-state index in [0.717, 1.165) is 12.3 Å². The first kappa shape index (κ1) is 23.2. The van der Waals surface area contributed by atoms with Crippen LogP contribution < -0.4 is 16.6 Å². The van der Waals surface area contributed by atoms with Crippen LogP contribution in [0.3, 0.4) is 0 Å². The molecule has 3 saturated heterocycles. The van der Waals surface area contributed by atoms with E-state index in [0.29, 0.717) is 36.9 Å². The summed E-state index contributed by atoms with van der Waals surface area (Å²) in [7, 11) is 0. The van der Waals surface area contributed by atoms with Crippen LogP contribution in [0, 0.1) is 11.6 Å². The van der Waals surface area contributed by atoms with Gasteiger partial charge < -0.3 is 20.3 Å². The maximum absolute atomic E-state index is 13.8. The number of aromatic nitrogens is 1. The lowest BCUT2D eigenvalue weighted by Crippen LogP contribution is -2.53. The van der Waals surface area contributed by atoms with Gasteiger partial charge in [0, 0.05) is 44.4 Å². The van der Waals surface area contributed by atoms with Crippen LogP contribution in [0.4, 0.5) is 14.5 Å². The zero-order valence-electron chi connectivity index (χ0n) is 18.9. The maximum atomic E-state index is 13.8. The molecule has 4 heterocycles. The Balaban J connectivity index is 1.28. The number of halogens is 2. The van der Waals surface area contributed by atoms with Crippen molar-refractivity contribution >= 4 is 17.5 Å². The molecule has 5 rings (SSSR count). The number of carbonyl (C=O) groups is 2. The van der Waals surface area contributed by atoms with Gasteiger partial charge in [-0.15, -0.1) is 0 Å². The lowest BCUT2D eigenvalue weighted by atomic mass is 9.89. The summed E-state index contributed by atoms with van der Waals surface area (Å²) in [4.78, 5) is 33.9. The van der Waals surface area contributed by atoms with E-state index >= 15 is 0 Å². The van der Waals surface area contributed by atoms with Crippen LogP contribution >= 0.6 is 0 Å². The number of anilines is 1. The van der Waals surface area contributed by atoms with Gasteiger partial charge >= 0.3 is 0 Å². The third kappa shape index (κ3) is 4.00. The number of piperidine rings is 1. The van der Waals surface area contributed by atoms with E-state index in [1.165, 1.54) is 23.3 Å². The first-order valence-electron chi connectivity index (χ1n) is 11.5. The molecule has 184 valence electrons. The molecule has 2 atom stereocenters. The Labute approximate surface area is 200 Å². The SMILES string of the molecule is N/C=C(/C(=O)N1CCC2(CC1)OC1CC[C@@H](c3cc(F)cc(F)c3)N1C2=O)N(N)c1cccnc1. The maximum Gasteiger partial charge on any atom is 0.273 e. The van der Waals surface area contributed by atoms with Crippen molar-refractivity contribution in [2.45, 2.75) is 43.6 Å². The summed E-state index contributed by atoms with van der Waals surface area (Å²) in [6.07, 6.45) is 5.53. The van der Waals surface area contributed by atoms with Crippen LogP contribution in [0.1, 0.15) is 37.3 Å². The van der Waals surface area contributed by atoms with Crippen molar-refractivity contribution in [3.05, 3.63) is 71.8 Å². The molecule has 1 spiro atoms. The first-order valence-corrected chi connectivity index (χ1v) is 11.5. The van der Waals surface area contributed by atoms with Gasteiger partial charge in [-0.2, -0.15) is 0 Å². The zero-order valence-corrected chi connectivity index (χ0v) is 18.9. The minimum Gasteiger partial charge on any atom is -0.403 e. The van der Waals surface area contributed by atoms with E-state index in [9.17, 15) is 18.4 Å². The third-order valence-corrected chi connectivity index (χ3v) is 7.01. The number of amides is 2. The molecule has 3 fully saturated rings. The van der Waals surface area contributed by atoms with Crippen molar-refractivity contribution in [1.29, 1.82) is 0 Å². The summed E-state index contributed by atoms with van der Waals surface area (Å²) in [5, 5.41) is 1.18. The van der Waals surface area contributed by atoms with Crippen LogP contribution in [0.25, 0.3) is 0 Å². The average molecular weight is 485 g/mol. The van der Waals surface area contributed by atoms with Crippen LogP contribution in [0.5, 0.6) is 0 Å². The van der Waals surface area contributed by atoms with Gasteiger partial charge in [-0.3, -0.25) is 19.6 Å². The number of likely N-dealkylation sites (tertiary alicyclic amines) is 1. The number of pyridine rings is 1. The van der Waals surface area contributed by atoms with E-state index < -0.39 is 29.5 Å². The summed E-state index contributed by atoms with van der Waals surface area (Å²) in [6, 6.07) is 6.28. The number of nitrogens with two attached hydrogens (primary N) is 2. The van der Waals surface area contributed by atoms with Crippen molar-refractivity contribution < 1.29 is 23.1 Å². The van der Waals surface area contributed by atoms with Gasteiger partial charge in [-0.05, 0) is 42.7 Å². The standard InChI is InChI=1S/C24H26F2N6O3/c25-16-10-15(11-17(26)12-16)19-3-4-21-31(19)23(34)24(35-21)5-8-30(9-6-24)22(33)20(13-27)32(28)18-2-1-7-29-14-18/h1-2,7,10-14,19,21H,3-6,8-9,27-28H2/b20-13-/t19-,21?/m0/s1. The molecule has 0 aliphatic carbocycles. The van der Waals surface area contributed by atoms with Crippen LogP contribution in [-0.2, 0) is 14.3 Å². The summed E-state index contributed by atoms with van der Waals surface area (Å²) in [5.41, 5.74) is 5.66. The fraction of sp³-hybridized carbons (Fsp3) is 0.375. The highest BCUT2D eigenvalue weighted by Crippen LogP contribution is 2.47. The number of hydrazine groups is 1. The second-order valence-corrected chi connectivity index (χ2v) is 9.00. The van der Waals surface area contributed by atoms with Crippen LogP contribution in [0.2, 0.25) is 0 Å². The Hall–Kier alpha value is -3.57. The number of ether oxygens (including phenoxy) is 1. The van der Waals surface area contributed by atoms with Gasteiger partial charge in [-0.1, -0.05) is 0 Å². The van der Waals surface area contributed by atoms with Crippen molar-refractivity contribution in [2.24, 2.45) is 11.6 Å². The fourth-order valence-corrected chi connectivity index (χ4v) is 5.26. The molecule has 4 N–H and O–H groups in total. The monoisotopic (exact) mass is 484 g/mol.